The van der Waals surface area contributed by atoms with Crippen molar-refractivity contribution in [1.29, 1.82) is 0 Å². The van der Waals surface area contributed by atoms with Gasteiger partial charge in [-0.2, -0.15) is 13.2 Å². The van der Waals surface area contributed by atoms with Gasteiger partial charge < -0.3 is 10.6 Å². The first kappa shape index (κ1) is 27.1. The monoisotopic (exact) mass is 548 g/mol. The molecule has 0 bridgehead atoms. The van der Waals surface area contributed by atoms with Crippen molar-refractivity contribution in [2.24, 2.45) is 17.8 Å². The predicted molar refractivity (Wildman–Crippen MR) is 140 cm³/mol. The molecule has 11 heteroatoms. The number of alkyl halides is 3. The van der Waals surface area contributed by atoms with Gasteiger partial charge in [0.2, 0.25) is 0 Å². The molecule has 5 rings (SSSR count). The van der Waals surface area contributed by atoms with Crippen LogP contribution in [0.5, 0.6) is 0 Å². The fourth-order valence-corrected chi connectivity index (χ4v) is 6.10. The fraction of sp³-hybridized carbons (Fsp3) is 0.464. The molecule has 2 aromatic rings. The van der Waals surface area contributed by atoms with Gasteiger partial charge in [-0.05, 0) is 67.9 Å². The molecule has 1 saturated heterocycles. The van der Waals surface area contributed by atoms with E-state index < -0.39 is 29.3 Å². The number of nitrogens with one attached hydrogen (secondary N) is 3. The van der Waals surface area contributed by atoms with Crippen LogP contribution in [0.1, 0.15) is 31.2 Å². The zero-order valence-electron chi connectivity index (χ0n) is 21.3. The van der Waals surface area contributed by atoms with Gasteiger partial charge in [-0.1, -0.05) is 6.07 Å². The maximum absolute atomic E-state index is 13.5. The highest BCUT2D eigenvalue weighted by atomic mass is 19.4. The van der Waals surface area contributed by atoms with Crippen LogP contribution in [0.15, 0.2) is 42.5 Å². The van der Waals surface area contributed by atoms with Gasteiger partial charge in [0.25, 0.3) is 5.91 Å². The summed E-state index contributed by atoms with van der Waals surface area (Å²) < 4.78 is 69.5. The average Bonchev–Trinajstić information content (AvgIpc) is 3.37. The topological polar surface area (TPSA) is 70.5 Å². The molecular formula is C28H31F5N5O+. The first-order chi connectivity index (χ1) is 18.6. The Morgan fingerprint density at radius 2 is 1.69 bits per heavy atom. The molecule has 2 aromatic carbocycles. The second-order valence-electron chi connectivity index (χ2n) is 10.6. The first-order valence-electron chi connectivity index (χ1n) is 13.1. The van der Waals surface area contributed by atoms with E-state index in [1.807, 2.05) is 0 Å². The largest absolute Gasteiger partial charge is 0.416 e. The SMILES string of the molecule is C=[N+]=C(NCC(=O)Nc1cccc(C(F)(F)F)c1)C1C2CN(C3CCC(Nc4ccc(F)c(F)c4)CC3)CC21. The van der Waals surface area contributed by atoms with Crippen LogP contribution in [0, 0.1) is 29.4 Å². The third kappa shape index (κ3) is 6.25. The highest BCUT2D eigenvalue weighted by Crippen LogP contribution is 2.53. The van der Waals surface area contributed by atoms with Gasteiger partial charge >= 0.3 is 12.0 Å². The molecule has 1 heterocycles. The van der Waals surface area contributed by atoms with Crippen LogP contribution in [-0.2, 0) is 11.0 Å². The number of rotatable bonds is 7. The van der Waals surface area contributed by atoms with E-state index in [0.29, 0.717) is 29.4 Å². The first-order valence-corrected chi connectivity index (χ1v) is 13.1. The van der Waals surface area contributed by atoms with Gasteiger partial charge in [-0.15, -0.1) is 0 Å². The van der Waals surface area contributed by atoms with Crippen molar-refractivity contribution >= 4 is 29.8 Å². The van der Waals surface area contributed by atoms with Crippen molar-refractivity contribution in [3.8, 4) is 0 Å². The Hall–Kier alpha value is -3.43. The Morgan fingerprint density at radius 3 is 2.33 bits per heavy atom. The number of piperidine rings is 1. The van der Waals surface area contributed by atoms with Crippen LogP contribution >= 0.6 is 0 Å². The number of nitrogens with zero attached hydrogens (tertiary/aromatic N) is 2. The van der Waals surface area contributed by atoms with E-state index in [1.165, 1.54) is 18.2 Å². The summed E-state index contributed by atoms with van der Waals surface area (Å²) in [6.45, 7) is 5.41. The van der Waals surface area contributed by atoms with Gasteiger partial charge in [0.1, 0.15) is 0 Å². The number of hydrogen-bond donors (Lipinski definition) is 3. The predicted octanol–water partition coefficient (Wildman–Crippen LogP) is 4.28. The minimum absolute atomic E-state index is 0.0819. The van der Waals surface area contributed by atoms with Crippen LogP contribution in [0.2, 0.25) is 0 Å². The van der Waals surface area contributed by atoms with Crippen molar-refractivity contribution in [3.63, 3.8) is 0 Å². The molecule has 6 nitrogen and oxygen atoms in total. The lowest BCUT2D eigenvalue weighted by Crippen LogP contribution is -2.42. The summed E-state index contributed by atoms with van der Waals surface area (Å²) in [7, 11) is 0. The van der Waals surface area contributed by atoms with Crippen molar-refractivity contribution in [1.82, 2.24) is 14.9 Å². The summed E-state index contributed by atoms with van der Waals surface area (Å²) in [5.74, 6) is -0.442. The molecule has 2 saturated carbocycles. The van der Waals surface area contributed by atoms with Gasteiger partial charge in [-0.3, -0.25) is 15.0 Å². The van der Waals surface area contributed by atoms with Crippen molar-refractivity contribution in [3.05, 3.63) is 59.7 Å². The van der Waals surface area contributed by atoms with Crippen molar-refractivity contribution < 1.29 is 26.7 Å². The highest BCUT2D eigenvalue weighted by molar-refractivity contribution is 5.96. The normalized spacial score (nSPS) is 26.3. The molecule has 39 heavy (non-hydrogen) atoms. The standard InChI is InChI=1S/C28H30F5N5O/c1-34-27(35-13-25(39)37-18-4-2-3-16(11-18)28(31,32)33)26-21-14-38(15-22(21)26)20-8-5-17(6-9-20)36-19-7-10-23(29)24(30)12-19/h2-4,7,10-12,17,20-22,26,36H,1,5-6,8-9,13-15H2,(H,37,39)/p+1. The van der Waals surface area contributed by atoms with Crippen molar-refractivity contribution in [2.45, 2.75) is 43.9 Å². The van der Waals surface area contributed by atoms with Crippen LogP contribution in [-0.4, -0.2) is 55.1 Å². The number of amides is 1. The Bertz CT molecular complexity index is 1260. The van der Waals surface area contributed by atoms with E-state index in [4.69, 9.17) is 0 Å². The number of halogens is 5. The number of benzene rings is 2. The molecule has 3 fully saturated rings. The number of hydrogen-bond acceptors (Lipinski definition) is 3. The lowest BCUT2D eigenvalue weighted by atomic mass is 9.90. The molecule has 2 aliphatic carbocycles. The molecule has 3 aliphatic rings. The zero-order chi connectivity index (χ0) is 27.7. The van der Waals surface area contributed by atoms with E-state index in [0.717, 1.165) is 57.0 Å². The quantitative estimate of drug-likeness (QED) is 0.209. The number of fused-ring (bicyclic) bond motifs is 1. The summed E-state index contributed by atoms with van der Waals surface area (Å²) in [5.41, 5.74) is -0.145. The molecule has 0 radical (unpaired) electrons. The molecule has 2 atom stereocenters. The molecule has 0 spiro atoms. The molecule has 208 valence electrons. The molecule has 3 N–H and O–H groups in total. The maximum atomic E-state index is 13.5. The number of likely N-dealkylation sites (tertiary alicyclic amines) is 1. The van der Waals surface area contributed by atoms with E-state index in [2.05, 4.69) is 32.2 Å². The Balaban J connectivity index is 1.04. The second kappa shape index (κ2) is 11.0. The van der Waals surface area contributed by atoms with E-state index in [-0.39, 0.29) is 24.2 Å². The summed E-state index contributed by atoms with van der Waals surface area (Å²) in [6.07, 6.45) is -0.531. The lowest BCUT2D eigenvalue weighted by molar-refractivity contribution is -0.137. The van der Waals surface area contributed by atoms with Crippen LogP contribution in [0.25, 0.3) is 0 Å². The lowest BCUT2D eigenvalue weighted by Gasteiger charge is -2.36. The molecule has 0 aromatic heterocycles. The Morgan fingerprint density at radius 1 is 0.974 bits per heavy atom. The molecule has 2 unspecified atom stereocenters. The van der Waals surface area contributed by atoms with E-state index >= 15 is 0 Å². The Labute approximate surface area is 223 Å². The third-order valence-electron chi connectivity index (χ3n) is 8.12. The van der Waals surface area contributed by atoms with Gasteiger partial charge in [0.15, 0.2) is 24.9 Å². The van der Waals surface area contributed by atoms with Crippen molar-refractivity contribution in [2.75, 3.05) is 30.3 Å². The number of amidine groups is 1. The fourth-order valence-electron chi connectivity index (χ4n) is 6.10. The van der Waals surface area contributed by atoms with Gasteiger partial charge in [0.05, 0.1) is 11.5 Å². The molecule has 1 aliphatic heterocycles. The van der Waals surface area contributed by atoms with Gasteiger partial charge in [0, 0.05) is 42.6 Å². The third-order valence-corrected chi connectivity index (χ3v) is 8.12. The van der Waals surface area contributed by atoms with Gasteiger partial charge in [-0.25, -0.2) is 13.4 Å². The average molecular weight is 549 g/mol. The minimum atomic E-state index is -4.48. The van der Waals surface area contributed by atoms with E-state index in [1.54, 1.807) is 6.07 Å². The van der Waals surface area contributed by atoms with Crippen LogP contribution < -0.4 is 20.6 Å². The van der Waals surface area contributed by atoms with Crippen LogP contribution in [0.3, 0.4) is 0 Å². The highest BCUT2D eigenvalue weighted by Gasteiger charge is 2.62. The smallest absolute Gasteiger partial charge is 0.382 e. The van der Waals surface area contributed by atoms with E-state index in [9.17, 15) is 26.7 Å². The number of carbonyl (C=O) groups is 1. The number of carbonyl (C=O) groups excluding carboxylic acids is 1. The van der Waals surface area contributed by atoms with Crippen LogP contribution in [0.4, 0.5) is 33.3 Å². The molecular weight excluding hydrogens is 517 g/mol. The summed E-state index contributed by atoms with van der Waals surface area (Å²) in [6, 6.07) is 9.12. The summed E-state index contributed by atoms with van der Waals surface area (Å²) in [4.78, 5) is 14.9. The Kier molecular flexibility index (Phi) is 7.64. The molecule has 1 amide bonds. The zero-order valence-corrected chi connectivity index (χ0v) is 21.3. The maximum Gasteiger partial charge on any atom is 0.416 e. The number of anilines is 2. The summed E-state index contributed by atoms with van der Waals surface area (Å²) in [5, 5.41) is 8.84. The summed E-state index contributed by atoms with van der Waals surface area (Å²) >= 11 is 0. The second-order valence-corrected chi connectivity index (χ2v) is 10.6. The minimum Gasteiger partial charge on any atom is -0.382 e.